The Hall–Kier alpha value is -1.77. The van der Waals surface area contributed by atoms with E-state index >= 15 is 0 Å². The molecule has 2 aromatic carbocycles. The fraction of sp³-hybridized carbons (Fsp3) is 0.167. The van der Waals surface area contributed by atoms with E-state index < -0.39 is 0 Å². The summed E-state index contributed by atoms with van der Waals surface area (Å²) >= 11 is 12.2. The molecule has 112 valence electrons. The third-order valence-electron chi connectivity index (χ3n) is 3.61. The van der Waals surface area contributed by atoms with E-state index in [-0.39, 0.29) is 0 Å². The van der Waals surface area contributed by atoms with Crippen molar-refractivity contribution in [2.75, 3.05) is 0 Å². The number of nitrogens with one attached hydrogen (secondary N) is 1. The third-order valence-corrected chi connectivity index (χ3v) is 4.16. The van der Waals surface area contributed by atoms with Gasteiger partial charge < -0.3 is 4.98 Å². The highest BCUT2D eigenvalue weighted by Crippen LogP contribution is 2.31. The number of halogens is 2. The summed E-state index contributed by atoms with van der Waals surface area (Å²) in [4.78, 5) is 8.05. The number of hydrogen-bond donors (Lipinski definition) is 1. The zero-order valence-corrected chi connectivity index (χ0v) is 14.0. The third kappa shape index (κ3) is 3.18. The molecule has 0 amide bonds. The van der Waals surface area contributed by atoms with E-state index in [1.807, 2.05) is 19.1 Å². The summed E-state index contributed by atoms with van der Waals surface area (Å²) in [5, 5.41) is 1.24. The van der Waals surface area contributed by atoms with Gasteiger partial charge in [-0.25, -0.2) is 4.98 Å². The first-order valence-electron chi connectivity index (χ1n) is 7.09. The summed E-state index contributed by atoms with van der Waals surface area (Å²) in [5.74, 6) is 0.933. The van der Waals surface area contributed by atoms with Gasteiger partial charge in [-0.05, 0) is 37.6 Å². The lowest BCUT2D eigenvalue weighted by Gasteiger charge is -2.02. The van der Waals surface area contributed by atoms with Crippen LogP contribution in [0.1, 0.15) is 22.6 Å². The lowest BCUT2D eigenvalue weighted by atomic mass is 10.1. The van der Waals surface area contributed by atoms with Crippen LogP contribution in [-0.2, 0) is 6.42 Å². The number of benzene rings is 2. The van der Waals surface area contributed by atoms with E-state index in [0.29, 0.717) is 10.0 Å². The standard InChI is InChI=1S/C18H16Cl2N2/c1-11-3-5-13(6-4-11)9-17-21-12(2)18(22-17)15-8-7-14(19)10-16(15)20/h3-8,10H,9H2,1-2H3,(H,21,22). The monoisotopic (exact) mass is 330 g/mol. The van der Waals surface area contributed by atoms with Crippen molar-refractivity contribution in [1.82, 2.24) is 9.97 Å². The quantitative estimate of drug-likeness (QED) is 0.666. The summed E-state index contributed by atoms with van der Waals surface area (Å²) in [6, 6.07) is 14.0. The number of aromatic amines is 1. The maximum atomic E-state index is 6.28. The Labute approximate surface area is 140 Å². The van der Waals surface area contributed by atoms with Crippen LogP contribution >= 0.6 is 23.2 Å². The van der Waals surface area contributed by atoms with E-state index in [2.05, 4.69) is 36.2 Å². The molecule has 0 fully saturated rings. The van der Waals surface area contributed by atoms with E-state index in [0.717, 1.165) is 29.2 Å². The smallest absolute Gasteiger partial charge is 0.111 e. The van der Waals surface area contributed by atoms with E-state index in [4.69, 9.17) is 28.2 Å². The van der Waals surface area contributed by atoms with Crippen molar-refractivity contribution < 1.29 is 0 Å². The molecule has 1 aromatic heterocycles. The van der Waals surface area contributed by atoms with Gasteiger partial charge in [0.05, 0.1) is 10.7 Å². The van der Waals surface area contributed by atoms with Gasteiger partial charge in [0.2, 0.25) is 0 Å². The molecule has 0 radical (unpaired) electrons. The summed E-state index contributed by atoms with van der Waals surface area (Å²) in [6.45, 7) is 4.09. The minimum absolute atomic E-state index is 0.615. The van der Waals surface area contributed by atoms with Gasteiger partial charge >= 0.3 is 0 Å². The maximum absolute atomic E-state index is 6.28. The molecule has 0 atom stereocenters. The van der Waals surface area contributed by atoms with Gasteiger partial charge in [-0.15, -0.1) is 0 Å². The molecular formula is C18H16Cl2N2. The molecule has 0 aliphatic carbocycles. The number of imidazole rings is 1. The Bertz CT molecular complexity index is 804. The lowest BCUT2D eigenvalue weighted by Crippen LogP contribution is -1.91. The minimum Gasteiger partial charge on any atom is -0.345 e. The second-order valence-corrected chi connectivity index (χ2v) is 6.29. The molecule has 0 unspecified atom stereocenters. The van der Waals surface area contributed by atoms with Crippen LogP contribution in [0, 0.1) is 13.8 Å². The van der Waals surface area contributed by atoms with E-state index in [9.17, 15) is 0 Å². The van der Waals surface area contributed by atoms with E-state index in [1.54, 1.807) is 6.07 Å². The van der Waals surface area contributed by atoms with Crippen molar-refractivity contribution >= 4 is 23.2 Å². The molecule has 3 aromatic rings. The number of hydrogen-bond acceptors (Lipinski definition) is 1. The van der Waals surface area contributed by atoms with Gasteiger partial charge in [-0.3, -0.25) is 0 Å². The molecule has 3 rings (SSSR count). The molecule has 0 aliphatic heterocycles. The van der Waals surface area contributed by atoms with Gasteiger partial charge in [0, 0.05) is 22.7 Å². The summed E-state index contributed by atoms with van der Waals surface area (Å²) < 4.78 is 0. The number of H-pyrrole nitrogens is 1. The Kier molecular flexibility index (Phi) is 4.23. The van der Waals surface area contributed by atoms with Crippen LogP contribution in [0.3, 0.4) is 0 Å². The van der Waals surface area contributed by atoms with Crippen LogP contribution < -0.4 is 0 Å². The molecular weight excluding hydrogens is 315 g/mol. The largest absolute Gasteiger partial charge is 0.345 e. The van der Waals surface area contributed by atoms with Crippen molar-refractivity contribution in [2.24, 2.45) is 0 Å². The molecule has 0 saturated heterocycles. The summed E-state index contributed by atoms with van der Waals surface area (Å²) in [6.07, 6.45) is 0.770. The van der Waals surface area contributed by atoms with Crippen LogP contribution in [0.5, 0.6) is 0 Å². The topological polar surface area (TPSA) is 28.7 Å². The van der Waals surface area contributed by atoms with Gasteiger partial charge in [0.15, 0.2) is 0 Å². The highest BCUT2D eigenvalue weighted by Gasteiger charge is 2.12. The first-order valence-corrected chi connectivity index (χ1v) is 7.85. The van der Waals surface area contributed by atoms with Crippen molar-refractivity contribution in [1.29, 1.82) is 0 Å². The normalized spacial score (nSPS) is 10.9. The van der Waals surface area contributed by atoms with Crippen LogP contribution in [0.25, 0.3) is 11.3 Å². The average Bonchev–Trinajstić information content (AvgIpc) is 2.82. The predicted molar refractivity (Wildman–Crippen MR) is 92.8 cm³/mol. The molecule has 0 aliphatic rings. The van der Waals surface area contributed by atoms with Crippen LogP contribution in [0.2, 0.25) is 10.0 Å². The first kappa shape index (κ1) is 15.1. The van der Waals surface area contributed by atoms with Gasteiger partial charge in [0.1, 0.15) is 5.82 Å². The second kappa shape index (κ2) is 6.15. The molecule has 4 heteroatoms. The number of nitrogens with zero attached hydrogens (tertiary/aromatic N) is 1. The van der Waals surface area contributed by atoms with E-state index in [1.165, 1.54) is 11.1 Å². The number of aromatic nitrogens is 2. The van der Waals surface area contributed by atoms with Crippen LogP contribution in [0.4, 0.5) is 0 Å². The fourth-order valence-electron chi connectivity index (χ4n) is 2.45. The van der Waals surface area contributed by atoms with Crippen molar-refractivity contribution in [2.45, 2.75) is 20.3 Å². The highest BCUT2D eigenvalue weighted by molar-refractivity contribution is 6.36. The summed E-state index contributed by atoms with van der Waals surface area (Å²) in [7, 11) is 0. The maximum Gasteiger partial charge on any atom is 0.111 e. The van der Waals surface area contributed by atoms with Crippen LogP contribution in [-0.4, -0.2) is 9.97 Å². The van der Waals surface area contributed by atoms with Crippen molar-refractivity contribution in [3.63, 3.8) is 0 Å². The molecule has 0 bridgehead atoms. The fourth-order valence-corrected chi connectivity index (χ4v) is 2.95. The SMILES string of the molecule is Cc1ccc(Cc2nc(-c3ccc(Cl)cc3Cl)c(C)[nH]2)cc1. The lowest BCUT2D eigenvalue weighted by molar-refractivity contribution is 1.02. The Morgan fingerprint density at radius 2 is 1.73 bits per heavy atom. The Balaban J connectivity index is 1.92. The zero-order valence-electron chi connectivity index (χ0n) is 12.5. The predicted octanol–water partition coefficient (Wildman–Crippen LogP) is 5.59. The Morgan fingerprint density at radius 3 is 2.41 bits per heavy atom. The van der Waals surface area contributed by atoms with Crippen molar-refractivity contribution in [3.05, 3.63) is 75.2 Å². The molecule has 2 nitrogen and oxygen atoms in total. The number of rotatable bonds is 3. The highest BCUT2D eigenvalue weighted by atomic mass is 35.5. The van der Waals surface area contributed by atoms with Gasteiger partial charge in [0.25, 0.3) is 0 Å². The Morgan fingerprint density at radius 1 is 1.00 bits per heavy atom. The van der Waals surface area contributed by atoms with Gasteiger partial charge in [-0.2, -0.15) is 0 Å². The molecule has 0 spiro atoms. The molecule has 22 heavy (non-hydrogen) atoms. The molecule has 1 N–H and O–H groups in total. The van der Waals surface area contributed by atoms with Gasteiger partial charge in [-0.1, -0.05) is 53.0 Å². The van der Waals surface area contributed by atoms with Crippen LogP contribution in [0.15, 0.2) is 42.5 Å². The second-order valence-electron chi connectivity index (χ2n) is 5.44. The number of aryl methyl sites for hydroxylation is 2. The summed E-state index contributed by atoms with van der Waals surface area (Å²) in [5.41, 5.74) is 5.27. The zero-order chi connectivity index (χ0) is 15.7. The van der Waals surface area contributed by atoms with Crippen molar-refractivity contribution in [3.8, 4) is 11.3 Å². The average molecular weight is 331 g/mol. The first-order chi connectivity index (χ1) is 10.5. The molecule has 1 heterocycles. The minimum atomic E-state index is 0.615. The molecule has 0 saturated carbocycles.